The molecule has 34 heavy (non-hydrogen) atoms. The number of ether oxygens (including phenoxy) is 1. The van der Waals surface area contributed by atoms with Gasteiger partial charge in [0.15, 0.2) is 0 Å². The Morgan fingerprint density at radius 2 is 1.79 bits per heavy atom. The first-order valence-electron chi connectivity index (χ1n) is 10.4. The van der Waals surface area contributed by atoms with E-state index in [1.165, 1.54) is 6.33 Å². The maximum Gasteiger partial charge on any atom is 0.322 e. The minimum atomic E-state index is 0.289. The molecular formula is C25H20N8O. The summed E-state index contributed by atoms with van der Waals surface area (Å²) in [7, 11) is 1.93. The molecule has 2 N–H and O–H groups in total. The van der Waals surface area contributed by atoms with Crippen molar-refractivity contribution >= 4 is 16.9 Å². The summed E-state index contributed by atoms with van der Waals surface area (Å²) in [5.41, 5.74) is 12.0. The lowest BCUT2D eigenvalue weighted by molar-refractivity contribution is 0.440. The van der Waals surface area contributed by atoms with Gasteiger partial charge in [-0.3, -0.25) is 0 Å². The summed E-state index contributed by atoms with van der Waals surface area (Å²) in [6, 6.07) is 9.70. The molecule has 166 valence electrons. The van der Waals surface area contributed by atoms with Crippen LogP contribution in [0.25, 0.3) is 33.4 Å². The number of nitrogens with zero attached hydrogens (tertiary/aromatic N) is 7. The second-order valence-corrected chi connectivity index (χ2v) is 7.68. The molecule has 0 radical (unpaired) electrons. The number of fused-ring (bicyclic) bond motifs is 1. The Morgan fingerprint density at radius 1 is 1.00 bits per heavy atom. The molecule has 0 aliphatic rings. The van der Waals surface area contributed by atoms with Gasteiger partial charge in [-0.2, -0.15) is 0 Å². The SMILES string of the molecule is C#Cc1ncc(-c2c(-c3ccc(Oc4nccc(C)n4)cc3)c3c(N)ncnc3n2C)c(C)n1. The molecule has 0 saturated carbocycles. The van der Waals surface area contributed by atoms with E-state index in [-0.39, 0.29) is 6.01 Å². The molecule has 0 saturated heterocycles. The van der Waals surface area contributed by atoms with Crippen molar-refractivity contribution in [1.29, 1.82) is 0 Å². The Labute approximate surface area is 195 Å². The van der Waals surface area contributed by atoms with Crippen LogP contribution in [-0.4, -0.2) is 34.5 Å². The van der Waals surface area contributed by atoms with E-state index < -0.39 is 0 Å². The Hall–Kier alpha value is -4.84. The van der Waals surface area contributed by atoms with Gasteiger partial charge < -0.3 is 15.0 Å². The number of aryl methyl sites for hydroxylation is 3. The van der Waals surface area contributed by atoms with E-state index in [4.69, 9.17) is 16.9 Å². The van der Waals surface area contributed by atoms with Gasteiger partial charge in [0, 0.05) is 36.3 Å². The van der Waals surface area contributed by atoms with Crippen LogP contribution in [0.2, 0.25) is 0 Å². The molecule has 0 unspecified atom stereocenters. The number of anilines is 1. The monoisotopic (exact) mass is 448 g/mol. The number of terminal acetylenes is 1. The van der Waals surface area contributed by atoms with Crippen molar-refractivity contribution in [3.8, 4) is 46.5 Å². The molecule has 4 aromatic heterocycles. The molecule has 9 nitrogen and oxygen atoms in total. The van der Waals surface area contributed by atoms with Crippen molar-refractivity contribution in [3.63, 3.8) is 0 Å². The highest BCUT2D eigenvalue weighted by molar-refractivity contribution is 6.07. The van der Waals surface area contributed by atoms with Crippen LogP contribution < -0.4 is 10.5 Å². The summed E-state index contributed by atoms with van der Waals surface area (Å²) >= 11 is 0. The Morgan fingerprint density at radius 3 is 2.50 bits per heavy atom. The molecule has 0 amide bonds. The van der Waals surface area contributed by atoms with Crippen molar-refractivity contribution < 1.29 is 4.74 Å². The van der Waals surface area contributed by atoms with Gasteiger partial charge in [-0.15, -0.1) is 6.42 Å². The number of benzene rings is 1. The fourth-order valence-electron chi connectivity index (χ4n) is 3.91. The maximum atomic E-state index is 6.32. The lowest BCUT2D eigenvalue weighted by atomic mass is 9.99. The largest absolute Gasteiger partial charge is 0.424 e. The van der Waals surface area contributed by atoms with Crippen LogP contribution in [0.15, 0.2) is 49.1 Å². The first kappa shape index (κ1) is 21.0. The van der Waals surface area contributed by atoms with Gasteiger partial charge in [-0.05, 0) is 43.5 Å². The van der Waals surface area contributed by atoms with E-state index in [0.717, 1.165) is 39.2 Å². The molecule has 0 aliphatic heterocycles. The standard InChI is InChI=1S/C25H20N8O/c1-5-19-28-12-18(15(3)32-19)22-20(21-23(26)29-13-30-24(21)33(22)4)16-6-8-17(9-7-16)34-25-27-11-10-14(2)31-25/h1,6-13H,2-4H3,(H2,26,29,30). The second-order valence-electron chi connectivity index (χ2n) is 7.68. The van der Waals surface area contributed by atoms with E-state index in [1.807, 2.05) is 55.8 Å². The Bertz CT molecular complexity index is 1580. The highest BCUT2D eigenvalue weighted by Gasteiger charge is 2.23. The predicted octanol–water partition coefficient (Wildman–Crippen LogP) is 3.85. The number of hydrogen-bond acceptors (Lipinski definition) is 8. The molecule has 0 bridgehead atoms. The molecule has 0 aliphatic carbocycles. The topological polar surface area (TPSA) is 118 Å². The van der Waals surface area contributed by atoms with Gasteiger partial charge in [0.1, 0.15) is 23.5 Å². The van der Waals surface area contributed by atoms with Gasteiger partial charge in [0.2, 0.25) is 5.82 Å². The molecular weight excluding hydrogens is 428 g/mol. The van der Waals surface area contributed by atoms with Crippen molar-refractivity contribution in [2.45, 2.75) is 13.8 Å². The number of nitrogens with two attached hydrogens (primary N) is 1. The van der Waals surface area contributed by atoms with Crippen molar-refractivity contribution in [1.82, 2.24) is 34.5 Å². The summed E-state index contributed by atoms with van der Waals surface area (Å²) in [4.78, 5) is 25.9. The Balaban J connectivity index is 1.67. The summed E-state index contributed by atoms with van der Waals surface area (Å²) < 4.78 is 7.78. The highest BCUT2D eigenvalue weighted by atomic mass is 16.5. The van der Waals surface area contributed by atoms with Crippen LogP contribution in [0.5, 0.6) is 11.8 Å². The van der Waals surface area contributed by atoms with Crippen LogP contribution in [0.3, 0.4) is 0 Å². The summed E-state index contributed by atoms with van der Waals surface area (Å²) in [5.74, 6) is 3.80. The average Bonchev–Trinajstić information content (AvgIpc) is 3.13. The lowest BCUT2D eigenvalue weighted by Gasteiger charge is -2.11. The molecule has 0 fully saturated rings. The minimum Gasteiger partial charge on any atom is -0.424 e. The van der Waals surface area contributed by atoms with Gasteiger partial charge in [0.05, 0.1) is 16.8 Å². The number of rotatable bonds is 4. The van der Waals surface area contributed by atoms with Crippen LogP contribution in [0.1, 0.15) is 17.2 Å². The van der Waals surface area contributed by atoms with Crippen molar-refractivity contribution in [2.75, 3.05) is 5.73 Å². The van der Waals surface area contributed by atoms with Crippen LogP contribution in [0, 0.1) is 26.2 Å². The number of aromatic nitrogens is 7. The maximum absolute atomic E-state index is 6.32. The van der Waals surface area contributed by atoms with E-state index in [1.54, 1.807) is 12.4 Å². The first-order valence-corrected chi connectivity index (χ1v) is 10.4. The fraction of sp³-hybridized carbons (Fsp3) is 0.120. The molecule has 0 atom stereocenters. The van der Waals surface area contributed by atoms with Gasteiger partial charge in [-0.1, -0.05) is 12.1 Å². The van der Waals surface area contributed by atoms with Crippen molar-refractivity contribution in [3.05, 3.63) is 66.3 Å². The molecule has 9 heteroatoms. The Kier molecular flexibility index (Phi) is 5.11. The smallest absolute Gasteiger partial charge is 0.322 e. The van der Waals surface area contributed by atoms with Crippen molar-refractivity contribution in [2.24, 2.45) is 7.05 Å². The zero-order valence-corrected chi connectivity index (χ0v) is 18.8. The summed E-state index contributed by atoms with van der Waals surface area (Å²) in [6.07, 6.45) is 10.3. The second kappa shape index (κ2) is 8.26. The highest BCUT2D eigenvalue weighted by Crippen LogP contribution is 2.42. The van der Waals surface area contributed by atoms with Crippen LogP contribution >= 0.6 is 0 Å². The van der Waals surface area contributed by atoms with Gasteiger partial charge in [-0.25, -0.2) is 29.9 Å². The van der Waals surface area contributed by atoms with Crippen LogP contribution in [-0.2, 0) is 7.05 Å². The van der Waals surface area contributed by atoms with Crippen LogP contribution in [0.4, 0.5) is 5.82 Å². The summed E-state index contributed by atoms with van der Waals surface area (Å²) in [5, 5.41) is 0.746. The molecule has 4 heterocycles. The van der Waals surface area contributed by atoms with E-state index in [9.17, 15) is 0 Å². The third-order valence-corrected chi connectivity index (χ3v) is 5.48. The molecule has 1 aromatic carbocycles. The fourth-order valence-corrected chi connectivity index (χ4v) is 3.91. The van der Waals surface area contributed by atoms with E-state index in [0.29, 0.717) is 23.0 Å². The van der Waals surface area contributed by atoms with Gasteiger partial charge in [0.25, 0.3) is 0 Å². The third-order valence-electron chi connectivity index (χ3n) is 5.48. The number of hydrogen-bond donors (Lipinski definition) is 1. The van der Waals surface area contributed by atoms with E-state index in [2.05, 4.69) is 35.8 Å². The summed E-state index contributed by atoms with van der Waals surface area (Å²) in [6.45, 7) is 3.78. The molecule has 0 spiro atoms. The zero-order chi connectivity index (χ0) is 23.8. The van der Waals surface area contributed by atoms with Gasteiger partial charge >= 0.3 is 6.01 Å². The third kappa shape index (κ3) is 3.57. The quantitative estimate of drug-likeness (QED) is 0.412. The predicted molar refractivity (Wildman–Crippen MR) is 129 cm³/mol. The minimum absolute atomic E-state index is 0.289. The average molecular weight is 448 g/mol. The molecule has 5 rings (SSSR count). The zero-order valence-electron chi connectivity index (χ0n) is 18.8. The van der Waals surface area contributed by atoms with E-state index >= 15 is 0 Å². The number of nitrogen functional groups attached to an aromatic ring is 1. The molecule has 5 aromatic rings. The lowest BCUT2D eigenvalue weighted by Crippen LogP contribution is -2.00. The normalized spacial score (nSPS) is 10.9. The first-order chi connectivity index (χ1) is 16.5.